The first kappa shape index (κ1) is 13.6. The van der Waals surface area contributed by atoms with Crippen LogP contribution < -0.4 is 10.8 Å². The van der Waals surface area contributed by atoms with Crippen molar-refractivity contribution in [2.45, 2.75) is 18.9 Å². The van der Waals surface area contributed by atoms with Gasteiger partial charge in [0.2, 0.25) is 0 Å². The molecule has 1 amide bonds. The lowest BCUT2D eigenvalue weighted by atomic mass is 10.1. The van der Waals surface area contributed by atoms with Crippen molar-refractivity contribution >= 4 is 5.91 Å². The highest BCUT2D eigenvalue weighted by atomic mass is 16.5. The van der Waals surface area contributed by atoms with Gasteiger partial charge in [-0.05, 0) is 42.6 Å². The van der Waals surface area contributed by atoms with Gasteiger partial charge in [-0.3, -0.25) is 4.79 Å². The molecule has 2 aromatic rings. The Kier molecular flexibility index (Phi) is 3.83. The molecule has 1 aliphatic heterocycles. The molecule has 1 atom stereocenters. The first-order chi connectivity index (χ1) is 10.2. The average molecular weight is 283 g/mol. The van der Waals surface area contributed by atoms with Gasteiger partial charge in [-0.2, -0.15) is 9.72 Å². The van der Waals surface area contributed by atoms with E-state index in [-0.39, 0.29) is 17.4 Å². The Morgan fingerprint density at radius 3 is 2.76 bits per heavy atom. The summed E-state index contributed by atoms with van der Waals surface area (Å²) in [6.07, 6.45) is 3.28. The molecule has 0 saturated carbocycles. The van der Waals surface area contributed by atoms with Crippen molar-refractivity contribution in [1.29, 1.82) is 0 Å². The van der Waals surface area contributed by atoms with Crippen molar-refractivity contribution in [2.75, 3.05) is 6.54 Å². The minimum Gasteiger partial charge on any atom is -0.427 e. The molecule has 5 nitrogen and oxygen atoms in total. The second-order valence-corrected chi connectivity index (χ2v) is 5.08. The highest BCUT2D eigenvalue weighted by molar-refractivity contribution is 5.82. The fraction of sp³-hybridized carbons (Fsp3) is 0.250. The van der Waals surface area contributed by atoms with Crippen molar-refractivity contribution < 1.29 is 10.0 Å². The number of nitrogens with zero attached hydrogens (tertiary/aromatic N) is 2. The zero-order valence-corrected chi connectivity index (χ0v) is 11.6. The van der Waals surface area contributed by atoms with Gasteiger partial charge in [0.15, 0.2) is 5.49 Å². The van der Waals surface area contributed by atoms with Gasteiger partial charge in [0.1, 0.15) is 0 Å². The standard InChI is InChI=1S/C16H17N3O2/c20-16(14-7-4-9-17-14)18-15-11-13(8-10-19(15)21)12-5-2-1-3-6-12/h1-3,5-6,8,10-11,14,17,21H,4,7,9H2/t14-/m0/s1. The van der Waals surface area contributed by atoms with Crippen LogP contribution in [-0.2, 0) is 4.79 Å². The largest absolute Gasteiger partial charge is 0.427 e. The van der Waals surface area contributed by atoms with E-state index < -0.39 is 0 Å². The van der Waals surface area contributed by atoms with Crippen LogP contribution in [0.3, 0.4) is 0 Å². The summed E-state index contributed by atoms with van der Waals surface area (Å²) in [6.45, 7) is 0.842. The molecule has 0 spiro atoms. The summed E-state index contributed by atoms with van der Waals surface area (Å²) >= 11 is 0. The van der Waals surface area contributed by atoms with Crippen LogP contribution in [0.2, 0.25) is 0 Å². The van der Waals surface area contributed by atoms with E-state index in [2.05, 4.69) is 10.3 Å². The maximum Gasteiger partial charge on any atom is 0.264 e. The Morgan fingerprint density at radius 2 is 2.05 bits per heavy atom. The molecule has 108 valence electrons. The van der Waals surface area contributed by atoms with Crippen molar-refractivity contribution in [3.05, 3.63) is 54.1 Å². The number of pyridine rings is 1. The first-order valence-electron chi connectivity index (χ1n) is 7.03. The number of aromatic nitrogens is 1. The van der Waals surface area contributed by atoms with Crippen LogP contribution in [0.5, 0.6) is 0 Å². The van der Waals surface area contributed by atoms with Gasteiger partial charge in [0.25, 0.3) is 5.91 Å². The molecule has 2 N–H and O–H groups in total. The van der Waals surface area contributed by atoms with Gasteiger partial charge >= 0.3 is 0 Å². The van der Waals surface area contributed by atoms with E-state index >= 15 is 0 Å². The van der Waals surface area contributed by atoms with Crippen LogP contribution in [-0.4, -0.2) is 28.4 Å². The van der Waals surface area contributed by atoms with Crippen LogP contribution in [0.4, 0.5) is 0 Å². The molecular weight excluding hydrogens is 266 g/mol. The summed E-state index contributed by atoms with van der Waals surface area (Å²) in [4.78, 5) is 16.1. The van der Waals surface area contributed by atoms with Crippen LogP contribution in [0.1, 0.15) is 12.8 Å². The summed E-state index contributed by atoms with van der Waals surface area (Å²) in [7, 11) is 0. The second-order valence-electron chi connectivity index (χ2n) is 5.08. The normalized spacial score (nSPS) is 18.9. The van der Waals surface area contributed by atoms with Crippen molar-refractivity contribution in [3.8, 4) is 11.1 Å². The van der Waals surface area contributed by atoms with E-state index in [1.807, 2.05) is 30.3 Å². The number of carbonyl (C=O) groups excluding carboxylic acids is 1. The Bertz CT molecular complexity index is 701. The molecule has 1 saturated heterocycles. The molecule has 0 radical (unpaired) electrons. The van der Waals surface area contributed by atoms with Gasteiger partial charge < -0.3 is 10.5 Å². The maximum absolute atomic E-state index is 12.1. The molecule has 1 fully saturated rings. The van der Waals surface area contributed by atoms with Crippen LogP contribution in [0.25, 0.3) is 11.1 Å². The average Bonchev–Trinajstić information content (AvgIpc) is 3.05. The summed E-state index contributed by atoms with van der Waals surface area (Å²) in [5, 5.41) is 12.9. The minimum absolute atomic E-state index is 0.231. The molecule has 1 aromatic heterocycles. The van der Waals surface area contributed by atoms with E-state index in [4.69, 9.17) is 0 Å². The predicted octanol–water partition coefficient (Wildman–Crippen LogP) is 1.57. The fourth-order valence-corrected chi connectivity index (χ4v) is 2.46. The van der Waals surface area contributed by atoms with Crippen molar-refractivity contribution in [2.24, 2.45) is 4.99 Å². The zero-order valence-electron chi connectivity index (χ0n) is 11.6. The third kappa shape index (κ3) is 3.03. The van der Waals surface area contributed by atoms with Crippen LogP contribution >= 0.6 is 0 Å². The lowest BCUT2D eigenvalue weighted by Crippen LogP contribution is -2.32. The summed E-state index contributed by atoms with van der Waals surface area (Å²) in [6, 6.07) is 13.0. The third-order valence-electron chi connectivity index (χ3n) is 3.60. The molecule has 0 aliphatic carbocycles. The molecule has 21 heavy (non-hydrogen) atoms. The third-order valence-corrected chi connectivity index (χ3v) is 3.60. The topological polar surface area (TPSA) is 66.6 Å². The lowest BCUT2D eigenvalue weighted by molar-refractivity contribution is -0.119. The Hall–Kier alpha value is -2.40. The highest BCUT2D eigenvalue weighted by Crippen LogP contribution is 2.16. The maximum atomic E-state index is 12.1. The lowest BCUT2D eigenvalue weighted by Gasteiger charge is -2.06. The van der Waals surface area contributed by atoms with E-state index in [9.17, 15) is 10.0 Å². The van der Waals surface area contributed by atoms with Gasteiger partial charge in [-0.15, -0.1) is 0 Å². The molecule has 1 aliphatic rings. The molecule has 0 unspecified atom stereocenters. The van der Waals surface area contributed by atoms with Gasteiger partial charge in [0.05, 0.1) is 6.04 Å². The predicted molar refractivity (Wildman–Crippen MR) is 78.6 cm³/mol. The summed E-state index contributed by atoms with van der Waals surface area (Å²) < 4.78 is 0.874. The highest BCUT2D eigenvalue weighted by Gasteiger charge is 2.21. The number of amides is 1. The minimum atomic E-state index is -0.236. The molecule has 3 rings (SSSR count). The van der Waals surface area contributed by atoms with Gasteiger partial charge in [-0.25, -0.2) is 0 Å². The van der Waals surface area contributed by atoms with Crippen LogP contribution in [0.15, 0.2) is 53.7 Å². The number of carbonyl (C=O) groups is 1. The second kappa shape index (κ2) is 5.93. The monoisotopic (exact) mass is 283 g/mol. The van der Waals surface area contributed by atoms with E-state index in [0.29, 0.717) is 0 Å². The Labute approximate surface area is 122 Å². The summed E-state index contributed by atoms with van der Waals surface area (Å²) in [5.41, 5.74) is 2.17. The Morgan fingerprint density at radius 1 is 1.24 bits per heavy atom. The fourth-order valence-electron chi connectivity index (χ4n) is 2.46. The number of hydrogen-bond donors (Lipinski definition) is 2. The van der Waals surface area contributed by atoms with E-state index in [1.165, 1.54) is 6.20 Å². The van der Waals surface area contributed by atoms with Gasteiger partial charge in [-0.1, -0.05) is 30.3 Å². The zero-order chi connectivity index (χ0) is 14.7. The van der Waals surface area contributed by atoms with Gasteiger partial charge in [0, 0.05) is 6.20 Å². The summed E-state index contributed by atoms with van der Waals surface area (Å²) in [5.74, 6) is -0.236. The quantitative estimate of drug-likeness (QED) is 0.822. The molecule has 2 heterocycles. The number of nitrogens with one attached hydrogen (secondary N) is 1. The van der Waals surface area contributed by atoms with Crippen molar-refractivity contribution in [3.63, 3.8) is 0 Å². The molecule has 1 aromatic carbocycles. The molecular formula is C16H17N3O2. The number of benzene rings is 1. The molecule has 5 heteroatoms. The number of hydrogen-bond acceptors (Lipinski definition) is 3. The van der Waals surface area contributed by atoms with E-state index in [0.717, 1.165) is 35.2 Å². The molecule has 0 bridgehead atoms. The SMILES string of the molecule is O=C(N=c1cc(-c2ccccc2)ccn1O)[C@@H]1CCCN1. The number of rotatable bonds is 2. The van der Waals surface area contributed by atoms with Crippen LogP contribution in [0, 0.1) is 0 Å². The van der Waals surface area contributed by atoms with Crippen molar-refractivity contribution in [1.82, 2.24) is 10.0 Å². The smallest absolute Gasteiger partial charge is 0.264 e. The first-order valence-corrected chi connectivity index (χ1v) is 7.03. The Balaban J connectivity index is 1.96. The van der Waals surface area contributed by atoms with E-state index in [1.54, 1.807) is 12.1 Å².